The van der Waals surface area contributed by atoms with Crippen LogP contribution in [0.2, 0.25) is 0 Å². The zero-order valence-electron chi connectivity index (χ0n) is 25.7. The number of unbranched alkanes of at least 4 members (excludes halogenated alkanes) is 24. The Hall–Kier alpha value is -0.0400. The Morgan fingerprint density at radius 1 is 0.257 bits per heavy atom. The van der Waals surface area contributed by atoms with E-state index >= 15 is 0 Å². The molecular weight excluding hydrogens is 422 g/mol. The molecule has 0 rings (SSSR count). The van der Waals surface area contributed by atoms with Gasteiger partial charge < -0.3 is 4.48 Å². The average Bonchev–Trinajstić information content (AvgIpc) is 2.88. The molecule has 35 heavy (non-hydrogen) atoms. The second-order valence-electron chi connectivity index (χ2n) is 11.9. The molecule has 0 atom stereocenters. The molecule has 0 fully saturated rings. The van der Waals surface area contributed by atoms with Crippen LogP contribution in [0.15, 0.2) is 0 Å². The molecule has 0 spiro atoms. The molecule has 0 aliphatic carbocycles. The predicted molar refractivity (Wildman–Crippen MR) is 162 cm³/mol. The number of hydrogen-bond acceptors (Lipinski definition) is 0. The lowest BCUT2D eigenvalue weighted by Crippen LogP contribution is -2.49. The number of quaternary nitrogens is 1. The lowest BCUT2D eigenvalue weighted by molar-refractivity contribution is -0.925. The maximum atomic E-state index is 2.44. The van der Waals surface area contributed by atoms with Crippen molar-refractivity contribution in [2.24, 2.45) is 0 Å². The van der Waals surface area contributed by atoms with Crippen molar-refractivity contribution in [3.63, 3.8) is 0 Å². The van der Waals surface area contributed by atoms with E-state index in [4.69, 9.17) is 0 Å². The van der Waals surface area contributed by atoms with E-state index in [1.807, 2.05) is 0 Å². The Balaban J connectivity index is 3.56. The molecule has 0 heterocycles. The third kappa shape index (κ3) is 24.1. The van der Waals surface area contributed by atoms with Crippen LogP contribution < -0.4 is 0 Å². The molecule has 0 aromatic carbocycles. The summed E-state index contributed by atoms with van der Waals surface area (Å²) in [6, 6.07) is 0. The molecule has 0 aromatic heterocycles. The Kier molecular flexibility index (Phi) is 28.5. The van der Waals surface area contributed by atoms with Gasteiger partial charge in [-0.05, 0) is 39.5 Å². The van der Waals surface area contributed by atoms with Gasteiger partial charge in [-0.1, -0.05) is 155 Å². The van der Waals surface area contributed by atoms with Crippen molar-refractivity contribution in [3.8, 4) is 0 Å². The largest absolute Gasteiger partial charge is 0.324 e. The summed E-state index contributed by atoms with van der Waals surface area (Å²) < 4.78 is 1.38. The fourth-order valence-corrected chi connectivity index (χ4v) is 5.90. The van der Waals surface area contributed by atoms with Gasteiger partial charge in [-0.2, -0.15) is 0 Å². The van der Waals surface area contributed by atoms with Gasteiger partial charge in [0.2, 0.25) is 0 Å². The molecular formula is C34H72N+. The monoisotopic (exact) mass is 495 g/mol. The Morgan fingerprint density at radius 2 is 0.457 bits per heavy atom. The molecule has 0 aromatic rings. The van der Waals surface area contributed by atoms with Crippen molar-refractivity contribution in [2.75, 3.05) is 26.2 Å². The normalized spacial score (nSPS) is 12.0. The van der Waals surface area contributed by atoms with Crippen LogP contribution in [-0.4, -0.2) is 30.7 Å². The highest BCUT2D eigenvalue weighted by Gasteiger charge is 2.21. The SMILES string of the molecule is CCCCCCCCCCCCCCC[N+](CC)(CC)CCCCCCCCCCCCCCC. The van der Waals surface area contributed by atoms with E-state index in [0.29, 0.717) is 0 Å². The molecule has 212 valence electrons. The van der Waals surface area contributed by atoms with Crippen molar-refractivity contribution < 1.29 is 4.48 Å². The van der Waals surface area contributed by atoms with E-state index in [0.717, 1.165) is 0 Å². The van der Waals surface area contributed by atoms with E-state index in [1.165, 1.54) is 198 Å². The van der Waals surface area contributed by atoms with E-state index < -0.39 is 0 Å². The first kappa shape index (κ1) is 35.0. The summed E-state index contributed by atoms with van der Waals surface area (Å²) in [5, 5.41) is 0. The van der Waals surface area contributed by atoms with E-state index in [-0.39, 0.29) is 0 Å². The smallest absolute Gasteiger partial charge is 0.0786 e. The maximum absolute atomic E-state index is 2.44. The quantitative estimate of drug-likeness (QED) is 0.0687. The minimum absolute atomic E-state index is 1.34. The van der Waals surface area contributed by atoms with Gasteiger partial charge in [0.05, 0.1) is 26.2 Å². The van der Waals surface area contributed by atoms with Gasteiger partial charge in [0.1, 0.15) is 0 Å². The number of hydrogen-bond donors (Lipinski definition) is 0. The molecule has 0 saturated heterocycles. The third-order valence-corrected chi connectivity index (χ3v) is 8.81. The Bertz CT molecular complexity index is 341. The molecule has 0 bridgehead atoms. The highest BCUT2D eigenvalue weighted by molar-refractivity contribution is 4.52. The standard InChI is InChI=1S/C34H72N/c1-5-9-11-13-15-17-19-21-23-25-27-29-31-33-35(7-3,8-4)34-32-30-28-26-24-22-20-18-16-14-12-10-6-2/h5-34H2,1-4H3/q+1. The summed E-state index contributed by atoms with van der Waals surface area (Å²) in [6.45, 7) is 15.0. The van der Waals surface area contributed by atoms with Gasteiger partial charge >= 0.3 is 0 Å². The van der Waals surface area contributed by atoms with Crippen LogP contribution in [0.25, 0.3) is 0 Å². The zero-order valence-corrected chi connectivity index (χ0v) is 25.7. The van der Waals surface area contributed by atoms with Crippen molar-refractivity contribution >= 4 is 0 Å². The Morgan fingerprint density at radius 3 is 0.657 bits per heavy atom. The Labute approximate surface area is 225 Å². The van der Waals surface area contributed by atoms with Gasteiger partial charge in [0.25, 0.3) is 0 Å². The van der Waals surface area contributed by atoms with E-state index in [2.05, 4.69) is 27.7 Å². The van der Waals surface area contributed by atoms with Crippen molar-refractivity contribution in [2.45, 2.75) is 195 Å². The van der Waals surface area contributed by atoms with Crippen LogP contribution in [-0.2, 0) is 0 Å². The predicted octanol–water partition coefficient (Wildman–Crippen LogP) is 12.0. The first-order valence-electron chi connectivity index (χ1n) is 17.1. The summed E-state index contributed by atoms with van der Waals surface area (Å²) in [4.78, 5) is 0. The second-order valence-corrected chi connectivity index (χ2v) is 11.9. The summed E-state index contributed by atoms with van der Waals surface area (Å²) in [6.07, 6.45) is 38.1. The molecule has 0 unspecified atom stereocenters. The summed E-state index contributed by atoms with van der Waals surface area (Å²) in [5.41, 5.74) is 0. The van der Waals surface area contributed by atoms with Gasteiger partial charge in [-0.3, -0.25) is 0 Å². The van der Waals surface area contributed by atoms with Crippen molar-refractivity contribution in [1.82, 2.24) is 0 Å². The molecule has 0 aliphatic rings. The first-order chi connectivity index (χ1) is 17.2. The third-order valence-electron chi connectivity index (χ3n) is 8.81. The number of nitrogens with zero attached hydrogens (tertiary/aromatic N) is 1. The summed E-state index contributed by atoms with van der Waals surface area (Å²) >= 11 is 0. The highest BCUT2D eigenvalue weighted by atomic mass is 15.3. The first-order valence-corrected chi connectivity index (χ1v) is 17.1. The molecule has 0 aliphatic heterocycles. The molecule has 0 radical (unpaired) electrons. The highest BCUT2D eigenvalue weighted by Crippen LogP contribution is 2.17. The van der Waals surface area contributed by atoms with Gasteiger partial charge in [0.15, 0.2) is 0 Å². The topological polar surface area (TPSA) is 0 Å². The minimum atomic E-state index is 1.34. The fraction of sp³-hybridized carbons (Fsp3) is 1.00. The fourth-order valence-electron chi connectivity index (χ4n) is 5.90. The van der Waals surface area contributed by atoms with Crippen LogP contribution in [0.1, 0.15) is 195 Å². The zero-order chi connectivity index (χ0) is 25.7. The van der Waals surface area contributed by atoms with Crippen LogP contribution in [0.5, 0.6) is 0 Å². The van der Waals surface area contributed by atoms with Gasteiger partial charge in [0, 0.05) is 0 Å². The van der Waals surface area contributed by atoms with Crippen molar-refractivity contribution in [3.05, 3.63) is 0 Å². The van der Waals surface area contributed by atoms with Crippen LogP contribution in [0, 0.1) is 0 Å². The molecule has 1 nitrogen and oxygen atoms in total. The maximum Gasteiger partial charge on any atom is 0.0786 e. The van der Waals surface area contributed by atoms with Crippen LogP contribution in [0.3, 0.4) is 0 Å². The lowest BCUT2D eigenvalue weighted by atomic mass is 10.0. The van der Waals surface area contributed by atoms with Gasteiger partial charge in [-0.25, -0.2) is 0 Å². The van der Waals surface area contributed by atoms with E-state index in [9.17, 15) is 0 Å². The summed E-state index contributed by atoms with van der Waals surface area (Å²) in [5.74, 6) is 0. The molecule has 1 heteroatoms. The van der Waals surface area contributed by atoms with Crippen LogP contribution in [0.4, 0.5) is 0 Å². The van der Waals surface area contributed by atoms with Crippen molar-refractivity contribution in [1.29, 1.82) is 0 Å². The minimum Gasteiger partial charge on any atom is -0.324 e. The molecule has 0 N–H and O–H groups in total. The molecule has 0 amide bonds. The lowest BCUT2D eigenvalue weighted by Gasteiger charge is -2.37. The second kappa shape index (κ2) is 28.5. The number of rotatable bonds is 30. The van der Waals surface area contributed by atoms with Gasteiger partial charge in [-0.15, -0.1) is 0 Å². The van der Waals surface area contributed by atoms with Crippen LogP contribution >= 0.6 is 0 Å². The summed E-state index contributed by atoms with van der Waals surface area (Å²) in [7, 11) is 0. The van der Waals surface area contributed by atoms with E-state index in [1.54, 1.807) is 0 Å². The molecule has 0 saturated carbocycles. The average molecular weight is 495 g/mol.